The molecule has 1 atom stereocenters. The minimum atomic E-state index is -3.71. The molecule has 7 heteroatoms. The lowest BCUT2D eigenvalue weighted by Gasteiger charge is -2.21. The molecule has 0 amide bonds. The van der Waals surface area contributed by atoms with Gasteiger partial charge in [-0.3, -0.25) is 4.31 Å². The Hall–Kier alpha value is -2.28. The largest absolute Gasteiger partial charge is 0.490 e. The van der Waals surface area contributed by atoms with Crippen LogP contribution < -0.4 is 13.8 Å². The van der Waals surface area contributed by atoms with E-state index in [1.165, 1.54) is 18.5 Å². The topological polar surface area (TPSA) is 68.7 Å². The van der Waals surface area contributed by atoms with Gasteiger partial charge in [0.2, 0.25) is 5.88 Å². The van der Waals surface area contributed by atoms with E-state index >= 15 is 0 Å². The average molecular weight is 334 g/mol. The van der Waals surface area contributed by atoms with Crippen LogP contribution in [0, 0.1) is 0 Å². The lowest BCUT2D eigenvalue weighted by molar-refractivity contribution is 0.254. The van der Waals surface area contributed by atoms with Crippen molar-refractivity contribution in [3.8, 4) is 11.6 Å². The van der Waals surface area contributed by atoms with Crippen LogP contribution in [0.3, 0.4) is 0 Å². The van der Waals surface area contributed by atoms with Crippen LogP contribution in [0.25, 0.3) is 0 Å². The summed E-state index contributed by atoms with van der Waals surface area (Å²) >= 11 is 0. The first kappa shape index (κ1) is 15.6. The first-order chi connectivity index (χ1) is 10.9. The van der Waals surface area contributed by atoms with Crippen molar-refractivity contribution >= 4 is 15.7 Å². The summed E-state index contributed by atoms with van der Waals surface area (Å²) in [4.78, 5) is 4.27. The van der Waals surface area contributed by atoms with Crippen molar-refractivity contribution in [3.05, 3.63) is 42.1 Å². The second-order valence-corrected chi connectivity index (χ2v) is 7.38. The van der Waals surface area contributed by atoms with Crippen LogP contribution in [-0.2, 0) is 16.4 Å². The Bertz CT molecular complexity index is 836. The number of nitrogens with zero attached hydrogens (tertiary/aromatic N) is 2. The Morgan fingerprint density at radius 1 is 1.35 bits per heavy atom. The zero-order valence-corrected chi connectivity index (χ0v) is 14.0. The van der Waals surface area contributed by atoms with Gasteiger partial charge in [0.15, 0.2) is 0 Å². The summed E-state index contributed by atoms with van der Waals surface area (Å²) < 4.78 is 37.7. The number of aromatic nitrogens is 1. The molecule has 0 radical (unpaired) electrons. The van der Waals surface area contributed by atoms with E-state index in [1.807, 2.05) is 6.92 Å². The van der Waals surface area contributed by atoms with E-state index < -0.39 is 10.0 Å². The average Bonchev–Trinajstić information content (AvgIpc) is 2.93. The monoisotopic (exact) mass is 334 g/mol. The quantitative estimate of drug-likeness (QED) is 0.858. The minimum Gasteiger partial charge on any atom is -0.490 e. The lowest BCUT2D eigenvalue weighted by atomic mass is 10.1. The molecule has 122 valence electrons. The van der Waals surface area contributed by atoms with Gasteiger partial charge in [-0.05, 0) is 42.8 Å². The molecule has 0 N–H and O–H groups in total. The normalized spacial score (nSPS) is 16.6. The number of pyridine rings is 1. The van der Waals surface area contributed by atoms with E-state index in [2.05, 4.69) is 4.98 Å². The van der Waals surface area contributed by atoms with Crippen LogP contribution in [0.4, 0.5) is 5.69 Å². The Morgan fingerprint density at radius 3 is 2.87 bits per heavy atom. The van der Waals surface area contributed by atoms with Crippen molar-refractivity contribution in [1.82, 2.24) is 4.98 Å². The van der Waals surface area contributed by atoms with Crippen LogP contribution in [0.1, 0.15) is 12.5 Å². The third kappa shape index (κ3) is 2.72. The molecule has 2 heterocycles. The van der Waals surface area contributed by atoms with Gasteiger partial charge in [-0.1, -0.05) is 0 Å². The fraction of sp³-hybridized carbons (Fsp3) is 0.312. The maximum Gasteiger partial charge on any atom is 0.264 e. The predicted molar refractivity (Wildman–Crippen MR) is 86.6 cm³/mol. The lowest BCUT2D eigenvalue weighted by Crippen LogP contribution is -2.27. The number of sulfonamides is 1. The summed E-state index contributed by atoms with van der Waals surface area (Å²) in [6.07, 6.45) is 2.33. The summed E-state index contributed by atoms with van der Waals surface area (Å²) in [6, 6.07) is 8.27. The molecule has 0 fully saturated rings. The van der Waals surface area contributed by atoms with Gasteiger partial charge < -0.3 is 9.47 Å². The van der Waals surface area contributed by atoms with Crippen LogP contribution in [0.5, 0.6) is 11.6 Å². The zero-order valence-electron chi connectivity index (χ0n) is 13.2. The number of methoxy groups -OCH3 is 1. The molecule has 1 aromatic carbocycles. The molecular weight excluding hydrogens is 316 g/mol. The first-order valence-corrected chi connectivity index (χ1v) is 8.65. The fourth-order valence-corrected chi connectivity index (χ4v) is 3.87. The van der Waals surface area contributed by atoms with Gasteiger partial charge in [-0.25, -0.2) is 13.4 Å². The van der Waals surface area contributed by atoms with Crippen LogP contribution in [0.2, 0.25) is 0 Å². The second kappa shape index (κ2) is 5.73. The van der Waals surface area contributed by atoms with E-state index in [0.29, 0.717) is 12.1 Å². The molecule has 1 aliphatic heterocycles. The third-order valence-corrected chi connectivity index (χ3v) is 5.58. The van der Waals surface area contributed by atoms with Crippen LogP contribution in [0.15, 0.2) is 41.4 Å². The van der Waals surface area contributed by atoms with Crippen molar-refractivity contribution in [1.29, 1.82) is 0 Å². The van der Waals surface area contributed by atoms with Crippen LogP contribution >= 0.6 is 0 Å². The summed E-state index contributed by atoms with van der Waals surface area (Å²) in [7, 11) is -0.760. The van der Waals surface area contributed by atoms with E-state index in [4.69, 9.17) is 9.47 Å². The smallest absolute Gasteiger partial charge is 0.264 e. The highest BCUT2D eigenvalue weighted by Gasteiger charge is 2.27. The van der Waals surface area contributed by atoms with Crippen molar-refractivity contribution in [3.63, 3.8) is 0 Å². The highest BCUT2D eigenvalue weighted by molar-refractivity contribution is 7.92. The van der Waals surface area contributed by atoms with Gasteiger partial charge in [0.25, 0.3) is 10.0 Å². The van der Waals surface area contributed by atoms with Gasteiger partial charge in [0.05, 0.1) is 12.0 Å². The van der Waals surface area contributed by atoms with Gasteiger partial charge in [-0.2, -0.15) is 0 Å². The van der Waals surface area contributed by atoms with Gasteiger partial charge in [0.1, 0.15) is 17.5 Å². The molecule has 0 spiro atoms. The fourth-order valence-electron chi connectivity index (χ4n) is 2.63. The number of benzene rings is 1. The Kier molecular flexibility index (Phi) is 3.89. The van der Waals surface area contributed by atoms with E-state index in [-0.39, 0.29) is 16.9 Å². The van der Waals surface area contributed by atoms with Crippen molar-refractivity contribution in [2.24, 2.45) is 0 Å². The molecule has 0 bridgehead atoms. The SMILES string of the molecule is COc1ncccc1N(C)S(=O)(=O)c1ccc2c(c1)CC(C)O2. The third-order valence-electron chi connectivity index (χ3n) is 3.81. The molecule has 0 aliphatic carbocycles. The molecule has 1 aliphatic rings. The molecule has 2 aromatic rings. The molecule has 6 nitrogen and oxygen atoms in total. The van der Waals surface area contributed by atoms with E-state index in [0.717, 1.165) is 11.3 Å². The summed E-state index contributed by atoms with van der Waals surface area (Å²) in [5, 5.41) is 0. The summed E-state index contributed by atoms with van der Waals surface area (Å²) in [6.45, 7) is 1.96. The van der Waals surface area contributed by atoms with Crippen molar-refractivity contribution in [2.45, 2.75) is 24.3 Å². The molecule has 3 rings (SSSR count). The number of ether oxygens (including phenoxy) is 2. The highest BCUT2D eigenvalue weighted by atomic mass is 32.2. The molecule has 1 unspecified atom stereocenters. The maximum atomic E-state index is 12.9. The Labute approximate surface area is 135 Å². The Balaban J connectivity index is 2.00. The summed E-state index contributed by atoms with van der Waals surface area (Å²) in [5.74, 6) is 1.01. The van der Waals surface area contributed by atoms with Gasteiger partial charge in [-0.15, -0.1) is 0 Å². The van der Waals surface area contributed by atoms with Gasteiger partial charge >= 0.3 is 0 Å². The van der Waals surface area contributed by atoms with Crippen molar-refractivity contribution in [2.75, 3.05) is 18.5 Å². The number of rotatable bonds is 4. The predicted octanol–water partition coefficient (Wildman–Crippen LogP) is 2.24. The zero-order chi connectivity index (χ0) is 16.6. The van der Waals surface area contributed by atoms with Crippen molar-refractivity contribution < 1.29 is 17.9 Å². The molecule has 23 heavy (non-hydrogen) atoms. The highest BCUT2D eigenvalue weighted by Crippen LogP contribution is 2.33. The van der Waals surface area contributed by atoms with E-state index in [9.17, 15) is 8.42 Å². The second-order valence-electron chi connectivity index (χ2n) is 5.41. The molecular formula is C16H18N2O4S. The standard InChI is InChI=1S/C16H18N2O4S/c1-11-9-12-10-13(6-7-15(12)22-11)23(19,20)18(2)14-5-4-8-17-16(14)21-3/h4-8,10-11H,9H2,1-3H3. The maximum absolute atomic E-state index is 12.9. The first-order valence-electron chi connectivity index (χ1n) is 7.21. The number of hydrogen-bond acceptors (Lipinski definition) is 5. The number of hydrogen-bond donors (Lipinski definition) is 0. The summed E-state index contributed by atoms with van der Waals surface area (Å²) in [5.41, 5.74) is 1.30. The van der Waals surface area contributed by atoms with E-state index in [1.54, 1.807) is 36.5 Å². The van der Waals surface area contributed by atoms with Gasteiger partial charge in [0, 0.05) is 19.7 Å². The van der Waals surface area contributed by atoms with Crippen LogP contribution in [-0.4, -0.2) is 33.7 Å². The number of anilines is 1. The molecule has 0 saturated carbocycles. The molecule has 1 aromatic heterocycles. The number of fused-ring (bicyclic) bond motifs is 1. The minimum absolute atomic E-state index is 0.0686. The Morgan fingerprint density at radius 2 is 2.13 bits per heavy atom. The molecule has 0 saturated heterocycles.